The van der Waals surface area contributed by atoms with Gasteiger partial charge in [0.2, 0.25) is 5.75 Å². The van der Waals surface area contributed by atoms with E-state index in [4.69, 9.17) is 24.2 Å². The normalized spacial score (nSPS) is 11.3. The lowest BCUT2D eigenvalue weighted by molar-refractivity contribution is 0.0951. The molecule has 202 valence electrons. The van der Waals surface area contributed by atoms with Crippen molar-refractivity contribution in [3.8, 4) is 17.2 Å². The zero-order valence-electron chi connectivity index (χ0n) is 22.8. The summed E-state index contributed by atoms with van der Waals surface area (Å²) in [6.45, 7) is 16.2. The Morgan fingerprint density at radius 1 is 1.00 bits per heavy atom. The Labute approximate surface area is 222 Å². The molecule has 0 aliphatic heterocycles. The third-order valence-corrected chi connectivity index (χ3v) is 5.89. The molecule has 0 saturated carbocycles. The summed E-state index contributed by atoms with van der Waals surface area (Å²) in [5, 5.41) is 12.8. The smallest absolute Gasteiger partial charge is 0.251 e. The maximum atomic E-state index is 13.0. The molecule has 3 rings (SSSR count). The fourth-order valence-electron chi connectivity index (χ4n) is 3.64. The van der Waals surface area contributed by atoms with Crippen molar-refractivity contribution in [3.05, 3.63) is 23.9 Å². The number of nitrogens with one attached hydrogen (secondary N) is 2. The quantitative estimate of drug-likeness (QED) is 0.225. The first-order chi connectivity index (χ1) is 17.8. The number of hydrogen-bond acceptors (Lipinski definition) is 9. The molecule has 0 radical (unpaired) electrons. The van der Waals surface area contributed by atoms with Gasteiger partial charge in [-0.25, -0.2) is 14.6 Å². The summed E-state index contributed by atoms with van der Waals surface area (Å²) in [5.74, 6) is 1.99. The van der Waals surface area contributed by atoms with Crippen molar-refractivity contribution >= 4 is 34.5 Å². The summed E-state index contributed by atoms with van der Waals surface area (Å²) >= 11 is 1.60. The van der Waals surface area contributed by atoms with Crippen LogP contribution in [0.3, 0.4) is 0 Å². The summed E-state index contributed by atoms with van der Waals surface area (Å²) in [4.78, 5) is 22.5. The van der Waals surface area contributed by atoms with E-state index >= 15 is 0 Å². The third-order valence-electron chi connectivity index (χ3n) is 5.02. The second-order valence-corrected chi connectivity index (χ2v) is 10.3. The van der Waals surface area contributed by atoms with Crippen LogP contribution in [0.5, 0.6) is 17.2 Å². The van der Waals surface area contributed by atoms with Crippen molar-refractivity contribution in [3.63, 3.8) is 0 Å². The molecule has 37 heavy (non-hydrogen) atoms. The zero-order chi connectivity index (χ0) is 26.9. The van der Waals surface area contributed by atoms with E-state index in [-0.39, 0.29) is 11.9 Å². The Morgan fingerprint density at radius 2 is 1.65 bits per heavy atom. The van der Waals surface area contributed by atoms with Gasteiger partial charge in [0.15, 0.2) is 22.3 Å². The Hall–Kier alpha value is -3.21. The molecule has 1 amide bonds. The third kappa shape index (κ3) is 7.41. The maximum absolute atomic E-state index is 13.0. The maximum Gasteiger partial charge on any atom is 0.251 e. The molecule has 3 aromatic rings. The largest absolute Gasteiger partial charge is 0.490 e. The zero-order valence-corrected chi connectivity index (χ0v) is 23.6. The number of carbonyl (C=O) groups is 1. The van der Waals surface area contributed by atoms with Crippen molar-refractivity contribution in [2.24, 2.45) is 0 Å². The van der Waals surface area contributed by atoms with Gasteiger partial charge in [-0.05, 0) is 46.8 Å². The molecular weight excluding hydrogens is 492 g/mol. The molecule has 2 N–H and O–H groups in total. The fraction of sp³-hybridized carbons (Fsp3) is 0.538. The molecule has 10 nitrogen and oxygen atoms in total. The Morgan fingerprint density at radius 3 is 2.22 bits per heavy atom. The minimum Gasteiger partial charge on any atom is -0.490 e. The van der Waals surface area contributed by atoms with E-state index in [9.17, 15) is 4.79 Å². The van der Waals surface area contributed by atoms with Gasteiger partial charge >= 0.3 is 0 Å². The number of ether oxygens (including phenoxy) is 3. The van der Waals surface area contributed by atoms with Gasteiger partial charge in [-0.1, -0.05) is 25.6 Å². The number of carbonyl (C=O) groups excluding carboxylic acids is 1. The van der Waals surface area contributed by atoms with Crippen LogP contribution in [0.2, 0.25) is 0 Å². The number of rotatable bonds is 14. The van der Waals surface area contributed by atoms with E-state index in [0.29, 0.717) is 66.1 Å². The Kier molecular flexibility index (Phi) is 10.2. The van der Waals surface area contributed by atoms with Gasteiger partial charge in [0.1, 0.15) is 5.82 Å². The van der Waals surface area contributed by atoms with Crippen LogP contribution < -0.4 is 24.8 Å². The molecule has 2 aromatic heterocycles. The van der Waals surface area contributed by atoms with E-state index in [1.54, 1.807) is 34.8 Å². The van der Waals surface area contributed by atoms with Gasteiger partial charge in [-0.3, -0.25) is 4.79 Å². The van der Waals surface area contributed by atoms with Crippen LogP contribution in [0.25, 0.3) is 11.0 Å². The van der Waals surface area contributed by atoms with Gasteiger partial charge < -0.3 is 24.8 Å². The van der Waals surface area contributed by atoms with Crippen LogP contribution in [0.1, 0.15) is 58.8 Å². The average Bonchev–Trinajstić information content (AvgIpc) is 3.23. The van der Waals surface area contributed by atoms with E-state index in [0.717, 1.165) is 16.9 Å². The Balaban J connectivity index is 1.80. The SMILES string of the molecule is CCOc1cc(C(=O)NCCn2ncc3c(NC(C)C)nc(SC(C)C)nc32)cc(OCC)c1OCC. The van der Waals surface area contributed by atoms with E-state index < -0.39 is 0 Å². The first kappa shape index (κ1) is 28.4. The van der Waals surface area contributed by atoms with Crippen molar-refractivity contribution in [2.75, 3.05) is 31.7 Å². The second kappa shape index (κ2) is 13.4. The minimum absolute atomic E-state index is 0.218. The standard InChI is InChI=1S/C26H38N6O4S/c1-8-34-20-13-18(14-21(35-9-2)22(20)36-10-3)25(33)27-11-12-32-24-19(15-28-32)23(29-16(4)5)30-26(31-24)37-17(6)7/h13-17H,8-12H2,1-7H3,(H,27,33)(H,29,30,31). The van der Waals surface area contributed by atoms with E-state index in [2.05, 4.69) is 43.4 Å². The number of amides is 1. The van der Waals surface area contributed by atoms with Gasteiger partial charge in [-0.2, -0.15) is 5.10 Å². The highest BCUT2D eigenvalue weighted by Crippen LogP contribution is 2.39. The molecule has 0 unspecified atom stereocenters. The van der Waals surface area contributed by atoms with Crippen LogP contribution in [-0.4, -0.2) is 63.3 Å². The topological polar surface area (TPSA) is 112 Å². The lowest BCUT2D eigenvalue weighted by Crippen LogP contribution is -2.27. The molecule has 2 heterocycles. The summed E-state index contributed by atoms with van der Waals surface area (Å²) in [7, 11) is 0. The fourth-order valence-corrected chi connectivity index (χ4v) is 4.35. The van der Waals surface area contributed by atoms with Crippen molar-refractivity contribution in [1.29, 1.82) is 0 Å². The van der Waals surface area contributed by atoms with Crippen molar-refractivity contribution in [1.82, 2.24) is 25.1 Å². The summed E-state index contributed by atoms with van der Waals surface area (Å²) in [6.07, 6.45) is 1.76. The van der Waals surface area contributed by atoms with Crippen LogP contribution in [0.15, 0.2) is 23.5 Å². The van der Waals surface area contributed by atoms with E-state index in [1.165, 1.54) is 0 Å². The highest BCUT2D eigenvalue weighted by molar-refractivity contribution is 7.99. The highest BCUT2D eigenvalue weighted by atomic mass is 32.2. The van der Waals surface area contributed by atoms with Crippen LogP contribution >= 0.6 is 11.8 Å². The van der Waals surface area contributed by atoms with E-state index in [1.807, 2.05) is 20.8 Å². The predicted octanol–water partition coefficient (Wildman–Crippen LogP) is 4.77. The van der Waals surface area contributed by atoms with Crippen molar-refractivity contribution in [2.45, 2.75) is 71.5 Å². The van der Waals surface area contributed by atoms with Crippen LogP contribution in [0.4, 0.5) is 5.82 Å². The van der Waals surface area contributed by atoms with Crippen LogP contribution in [-0.2, 0) is 6.54 Å². The van der Waals surface area contributed by atoms with Gasteiger partial charge in [0, 0.05) is 23.4 Å². The minimum atomic E-state index is -0.241. The molecule has 1 aromatic carbocycles. The highest BCUT2D eigenvalue weighted by Gasteiger charge is 2.19. The molecule has 0 atom stereocenters. The lowest BCUT2D eigenvalue weighted by Gasteiger charge is -2.17. The summed E-state index contributed by atoms with van der Waals surface area (Å²) < 4.78 is 19.0. The number of fused-ring (bicyclic) bond motifs is 1. The number of benzene rings is 1. The number of nitrogens with zero attached hydrogens (tertiary/aromatic N) is 4. The Bertz CT molecular complexity index is 1170. The molecule has 0 spiro atoms. The molecule has 0 aliphatic carbocycles. The number of anilines is 1. The van der Waals surface area contributed by atoms with Gasteiger partial charge in [0.25, 0.3) is 5.91 Å². The molecule has 0 bridgehead atoms. The number of thioether (sulfide) groups is 1. The predicted molar refractivity (Wildman–Crippen MR) is 147 cm³/mol. The average molecular weight is 531 g/mol. The summed E-state index contributed by atoms with van der Waals surface area (Å²) in [6, 6.07) is 3.58. The van der Waals surface area contributed by atoms with Gasteiger partial charge in [0.05, 0.1) is 37.9 Å². The van der Waals surface area contributed by atoms with Crippen molar-refractivity contribution < 1.29 is 19.0 Å². The monoisotopic (exact) mass is 530 g/mol. The number of hydrogen-bond donors (Lipinski definition) is 2. The van der Waals surface area contributed by atoms with Crippen LogP contribution in [0, 0.1) is 0 Å². The molecule has 0 fully saturated rings. The molecule has 0 saturated heterocycles. The number of aromatic nitrogens is 4. The molecular formula is C26H38N6O4S. The lowest BCUT2D eigenvalue weighted by atomic mass is 10.1. The molecule has 0 aliphatic rings. The first-order valence-electron chi connectivity index (χ1n) is 12.8. The first-order valence-corrected chi connectivity index (χ1v) is 13.7. The van der Waals surface area contributed by atoms with Gasteiger partial charge in [-0.15, -0.1) is 0 Å². The molecule has 11 heteroatoms. The second-order valence-electron chi connectivity index (χ2n) is 8.78. The summed E-state index contributed by atoms with van der Waals surface area (Å²) in [5.41, 5.74) is 1.16.